The Hall–Kier alpha value is -3.27. The summed E-state index contributed by atoms with van der Waals surface area (Å²) in [5.74, 6) is 0.356. The number of ether oxygens (including phenoxy) is 1. The molecule has 0 heterocycles. The molecule has 0 saturated carbocycles. The van der Waals surface area contributed by atoms with Gasteiger partial charge in [0.05, 0.1) is 12.7 Å². The summed E-state index contributed by atoms with van der Waals surface area (Å²) in [7, 11) is 1.55. The average Bonchev–Trinajstić information content (AvgIpc) is 2.65. The first kappa shape index (κ1) is 16.6. The van der Waals surface area contributed by atoms with E-state index in [1.807, 2.05) is 54.6 Å². The van der Waals surface area contributed by atoms with Gasteiger partial charge in [0, 0.05) is 17.1 Å². The second-order valence-electron chi connectivity index (χ2n) is 5.67. The van der Waals surface area contributed by atoms with Gasteiger partial charge in [-0.05, 0) is 55.0 Å². The van der Waals surface area contributed by atoms with Crippen LogP contribution in [0.3, 0.4) is 0 Å². The number of nitrogens with one attached hydrogen (secondary N) is 2. The van der Waals surface area contributed by atoms with Crippen LogP contribution in [0.5, 0.6) is 5.75 Å². The Morgan fingerprint density at radius 1 is 0.840 bits per heavy atom. The summed E-state index contributed by atoms with van der Waals surface area (Å²) in [6, 6.07) is 22.9. The zero-order valence-electron chi connectivity index (χ0n) is 14.2. The number of carbonyl (C=O) groups is 1. The molecule has 0 aromatic heterocycles. The van der Waals surface area contributed by atoms with Crippen molar-refractivity contribution in [3.63, 3.8) is 0 Å². The fraction of sp³-hybridized carbons (Fsp3) is 0.0952. The molecule has 0 radical (unpaired) electrons. The number of aryl methyl sites for hydroxylation is 1. The zero-order chi connectivity index (χ0) is 17.6. The number of hydrogen-bond donors (Lipinski definition) is 2. The van der Waals surface area contributed by atoms with E-state index in [1.165, 1.54) is 5.56 Å². The first-order chi connectivity index (χ1) is 12.2. The molecule has 1 amide bonds. The molecule has 0 atom stereocenters. The molecule has 0 bridgehead atoms. The van der Waals surface area contributed by atoms with E-state index in [4.69, 9.17) is 4.74 Å². The molecule has 3 rings (SSSR count). The van der Waals surface area contributed by atoms with Crippen LogP contribution in [0.2, 0.25) is 0 Å². The van der Waals surface area contributed by atoms with Gasteiger partial charge in [0.15, 0.2) is 0 Å². The minimum atomic E-state index is -0.197. The predicted molar refractivity (Wildman–Crippen MR) is 102 cm³/mol. The van der Waals surface area contributed by atoms with Crippen molar-refractivity contribution in [3.8, 4) is 5.75 Å². The second-order valence-corrected chi connectivity index (χ2v) is 5.67. The molecule has 4 nitrogen and oxygen atoms in total. The van der Waals surface area contributed by atoms with Gasteiger partial charge in [-0.25, -0.2) is 0 Å². The van der Waals surface area contributed by atoms with Crippen molar-refractivity contribution >= 4 is 23.0 Å². The summed E-state index contributed by atoms with van der Waals surface area (Å²) < 4.78 is 5.23. The van der Waals surface area contributed by atoms with Gasteiger partial charge in [-0.3, -0.25) is 4.79 Å². The van der Waals surface area contributed by atoms with Gasteiger partial charge in [0.2, 0.25) is 0 Å². The molecular weight excluding hydrogens is 312 g/mol. The molecule has 126 valence electrons. The van der Waals surface area contributed by atoms with Crippen LogP contribution in [0.25, 0.3) is 0 Å². The van der Waals surface area contributed by atoms with Gasteiger partial charge < -0.3 is 15.4 Å². The highest BCUT2D eigenvalue weighted by atomic mass is 16.5. The Morgan fingerprint density at radius 3 is 2.20 bits per heavy atom. The van der Waals surface area contributed by atoms with Crippen LogP contribution >= 0.6 is 0 Å². The number of para-hydroxylation sites is 2. The van der Waals surface area contributed by atoms with Crippen LogP contribution in [0.15, 0.2) is 72.8 Å². The lowest BCUT2D eigenvalue weighted by Crippen LogP contribution is -2.13. The summed E-state index contributed by atoms with van der Waals surface area (Å²) in [5, 5.41) is 6.26. The van der Waals surface area contributed by atoms with E-state index < -0.39 is 0 Å². The number of rotatable bonds is 5. The summed E-state index contributed by atoms with van der Waals surface area (Å²) >= 11 is 0. The molecular formula is C21H20N2O2. The van der Waals surface area contributed by atoms with Gasteiger partial charge in [-0.15, -0.1) is 0 Å². The lowest BCUT2D eigenvalue weighted by atomic mass is 10.1. The molecule has 3 aromatic carbocycles. The summed E-state index contributed by atoms with van der Waals surface area (Å²) in [6.07, 6.45) is 0. The highest BCUT2D eigenvalue weighted by molar-refractivity contribution is 6.06. The number of hydrogen-bond acceptors (Lipinski definition) is 3. The Labute approximate surface area is 147 Å². The van der Waals surface area contributed by atoms with Gasteiger partial charge in [0.25, 0.3) is 5.91 Å². The summed E-state index contributed by atoms with van der Waals surface area (Å²) in [6.45, 7) is 2.06. The smallest absolute Gasteiger partial charge is 0.259 e. The molecule has 0 fully saturated rings. The van der Waals surface area contributed by atoms with E-state index in [1.54, 1.807) is 19.2 Å². The minimum absolute atomic E-state index is 0.197. The van der Waals surface area contributed by atoms with Gasteiger partial charge in [0.1, 0.15) is 5.75 Å². The van der Waals surface area contributed by atoms with Crippen molar-refractivity contribution in [1.82, 2.24) is 0 Å². The van der Waals surface area contributed by atoms with Crippen LogP contribution in [0.1, 0.15) is 15.9 Å². The Balaban J connectivity index is 1.70. The molecule has 0 saturated heterocycles. The first-order valence-electron chi connectivity index (χ1n) is 8.04. The van der Waals surface area contributed by atoms with Gasteiger partial charge in [-0.2, -0.15) is 0 Å². The molecule has 25 heavy (non-hydrogen) atoms. The van der Waals surface area contributed by atoms with Crippen molar-refractivity contribution in [2.75, 3.05) is 17.7 Å². The van der Waals surface area contributed by atoms with E-state index in [0.29, 0.717) is 11.3 Å². The van der Waals surface area contributed by atoms with Crippen molar-refractivity contribution in [1.29, 1.82) is 0 Å². The maximum atomic E-state index is 12.4. The highest BCUT2D eigenvalue weighted by Crippen LogP contribution is 2.23. The Bertz CT molecular complexity index is 873. The van der Waals surface area contributed by atoms with E-state index >= 15 is 0 Å². The summed E-state index contributed by atoms with van der Waals surface area (Å²) in [4.78, 5) is 12.4. The average molecular weight is 332 g/mol. The van der Waals surface area contributed by atoms with Crippen molar-refractivity contribution in [2.24, 2.45) is 0 Å². The Kier molecular flexibility index (Phi) is 5.00. The second kappa shape index (κ2) is 7.53. The fourth-order valence-corrected chi connectivity index (χ4v) is 2.54. The van der Waals surface area contributed by atoms with E-state index in [0.717, 1.165) is 17.1 Å². The third kappa shape index (κ3) is 3.98. The third-order valence-electron chi connectivity index (χ3n) is 3.92. The summed E-state index contributed by atoms with van der Waals surface area (Å²) in [5.41, 5.74) is 4.44. The van der Waals surface area contributed by atoms with E-state index in [9.17, 15) is 4.79 Å². The monoisotopic (exact) mass is 332 g/mol. The molecule has 3 aromatic rings. The van der Waals surface area contributed by atoms with Crippen LogP contribution in [-0.2, 0) is 0 Å². The van der Waals surface area contributed by atoms with Crippen LogP contribution in [0, 0.1) is 6.92 Å². The van der Waals surface area contributed by atoms with Crippen molar-refractivity contribution in [3.05, 3.63) is 83.9 Å². The normalized spacial score (nSPS) is 10.2. The lowest BCUT2D eigenvalue weighted by molar-refractivity contribution is 0.102. The minimum Gasteiger partial charge on any atom is -0.496 e. The standard InChI is InChI=1S/C21H20N2O2/c1-15-7-3-5-9-19(15)22-16-11-13-17(14-12-16)23-21(24)18-8-4-6-10-20(18)25-2/h3-14,22H,1-2H3,(H,23,24). The molecule has 2 N–H and O–H groups in total. The molecule has 0 aliphatic heterocycles. The maximum absolute atomic E-state index is 12.4. The van der Waals surface area contributed by atoms with Crippen LogP contribution in [0.4, 0.5) is 17.1 Å². The topological polar surface area (TPSA) is 50.4 Å². The number of anilines is 3. The largest absolute Gasteiger partial charge is 0.496 e. The Morgan fingerprint density at radius 2 is 1.48 bits per heavy atom. The highest BCUT2D eigenvalue weighted by Gasteiger charge is 2.11. The van der Waals surface area contributed by atoms with Crippen molar-refractivity contribution in [2.45, 2.75) is 6.92 Å². The number of benzene rings is 3. The van der Waals surface area contributed by atoms with E-state index in [2.05, 4.69) is 23.6 Å². The van der Waals surface area contributed by atoms with Gasteiger partial charge >= 0.3 is 0 Å². The van der Waals surface area contributed by atoms with Gasteiger partial charge in [-0.1, -0.05) is 30.3 Å². The van der Waals surface area contributed by atoms with Crippen molar-refractivity contribution < 1.29 is 9.53 Å². The number of amides is 1. The zero-order valence-corrected chi connectivity index (χ0v) is 14.2. The molecule has 0 spiro atoms. The fourth-order valence-electron chi connectivity index (χ4n) is 2.54. The predicted octanol–water partition coefficient (Wildman–Crippen LogP) is 5.00. The molecule has 0 aliphatic carbocycles. The third-order valence-corrected chi connectivity index (χ3v) is 3.92. The first-order valence-corrected chi connectivity index (χ1v) is 8.04. The molecule has 0 unspecified atom stereocenters. The maximum Gasteiger partial charge on any atom is 0.259 e. The van der Waals surface area contributed by atoms with Crippen LogP contribution in [-0.4, -0.2) is 13.0 Å². The molecule has 4 heteroatoms. The lowest BCUT2D eigenvalue weighted by Gasteiger charge is -2.11. The van der Waals surface area contributed by atoms with E-state index in [-0.39, 0.29) is 5.91 Å². The molecule has 0 aliphatic rings. The number of carbonyl (C=O) groups excluding carboxylic acids is 1. The number of methoxy groups -OCH3 is 1. The van der Waals surface area contributed by atoms with Crippen LogP contribution < -0.4 is 15.4 Å². The SMILES string of the molecule is COc1ccccc1C(=O)Nc1ccc(Nc2ccccc2C)cc1. The quantitative estimate of drug-likeness (QED) is 0.691.